The maximum atomic E-state index is 12.0. The zero-order chi connectivity index (χ0) is 13.1. The number of benzene rings is 1. The molecule has 1 amide bonds. The van der Waals surface area contributed by atoms with Gasteiger partial charge >= 0.3 is 5.97 Å². The van der Waals surface area contributed by atoms with Gasteiger partial charge in [-0.25, -0.2) is 0 Å². The molecule has 0 spiro atoms. The fourth-order valence-corrected chi connectivity index (χ4v) is 2.46. The molecule has 0 saturated heterocycles. The van der Waals surface area contributed by atoms with Crippen LogP contribution in [0.15, 0.2) is 24.3 Å². The number of hydrogen-bond donors (Lipinski definition) is 2. The summed E-state index contributed by atoms with van der Waals surface area (Å²) in [5, 5.41) is 12.4. The third kappa shape index (κ3) is 2.82. The average molecular weight is 268 g/mol. The van der Waals surface area contributed by atoms with Gasteiger partial charge in [0, 0.05) is 10.7 Å². The Morgan fingerprint density at radius 1 is 1.17 bits per heavy atom. The summed E-state index contributed by atoms with van der Waals surface area (Å²) in [7, 11) is 0. The van der Waals surface area contributed by atoms with Crippen molar-refractivity contribution >= 4 is 29.2 Å². The summed E-state index contributed by atoms with van der Waals surface area (Å²) in [6.07, 6.45) is 2.00. The van der Waals surface area contributed by atoms with Gasteiger partial charge in [0.25, 0.3) is 0 Å². The lowest BCUT2D eigenvalue weighted by Gasteiger charge is -2.15. The first-order valence-electron chi connectivity index (χ1n) is 5.87. The van der Waals surface area contributed by atoms with Crippen molar-refractivity contribution < 1.29 is 14.7 Å². The lowest BCUT2D eigenvalue weighted by Crippen LogP contribution is -2.29. The van der Waals surface area contributed by atoms with Crippen LogP contribution < -0.4 is 5.32 Å². The molecule has 0 heterocycles. The maximum Gasteiger partial charge on any atom is 0.307 e. The van der Waals surface area contributed by atoms with Crippen LogP contribution in [0.3, 0.4) is 0 Å². The largest absolute Gasteiger partial charge is 0.481 e. The zero-order valence-corrected chi connectivity index (χ0v) is 10.5. The summed E-state index contributed by atoms with van der Waals surface area (Å²) >= 11 is 5.75. The molecule has 1 aromatic carbocycles. The Balaban J connectivity index is 2.03. The van der Waals surface area contributed by atoms with Crippen molar-refractivity contribution in [2.75, 3.05) is 5.32 Å². The number of amides is 1. The van der Waals surface area contributed by atoms with Gasteiger partial charge in [0.05, 0.1) is 11.8 Å². The second-order valence-corrected chi connectivity index (χ2v) is 4.91. The van der Waals surface area contributed by atoms with Crippen LogP contribution in [-0.2, 0) is 9.59 Å². The summed E-state index contributed by atoms with van der Waals surface area (Å²) in [5.74, 6) is -2.10. The molecule has 1 fully saturated rings. The van der Waals surface area contributed by atoms with Crippen LogP contribution in [0.1, 0.15) is 19.3 Å². The third-order valence-corrected chi connectivity index (χ3v) is 3.53. The third-order valence-electron chi connectivity index (χ3n) is 3.28. The van der Waals surface area contributed by atoms with Gasteiger partial charge in [-0.05, 0) is 37.1 Å². The van der Waals surface area contributed by atoms with E-state index in [4.69, 9.17) is 16.7 Å². The summed E-state index contributed by atoms with van der Waals surface area (Å²) in [6.45, 7) is 0. The Kier molecular flexibility index (Phi) is 3.87. The SMILES string of the molecule is O=C(O)C1CCCC1C(=O)Nc1ccc(Cl)cc1. The highest BCUT2D eigenvalue weighted by molar-refractivity contribution is 6.30. The molecular formula is C13H14ClNO3. The highest BCUT2D eigenvalue weighted by atomic mass is 35.5. The minimum atomic E-state index is -0.885. The minimum Gasteiger partial charge on any atom is -0.481 e. The number of carbonyl (C=O) groups is 2. The fraction of sp³-hybridized carbons (Fsp3) is 0.385. The molecule has 1 aliphatic rings. The first-order chi connectivity index (χ1) is 8.58. The zero-order valence-electron chi connectivity index (χ0n) is 9.73. The number of nitrogens with one attached hydrogen (secondary N) is 1. The number of rotatable bonds is 3. The van der Waals surface area contributed by atoms with Crippen LogP contribution in [0, 0.1) is 11.8 Å². The number of halogens is 1. The lowest BCUT2D eigenvalue weighted by atomic mass is 9.95. The van der Waals surface area contributed by atoms with Gasteiger partial charge in [0.1, 0.15) is 0 Å². The number of carboxylic acids is 1. The Morgan fingerprint density at radius 2 is 1.78 bits per heavy atom. The van der Waals surface area contributed by atoms with E-state index in [1.165, 1.54) is 0 Å². The Hall–Kier alpha value is -1.55. The van der Waals surface area contributed by atoms with Crippen LogP contribution >= 0.6 is 11.6 Å². The van der Waals surface area contributed by atoms with E-state index in [0.717, 1.165) is 6.42 Å². The van der Waals surface area contributed by atoms with E-state index in [-0.39, 0.29) is 5.91 Å². The van der Waals surface area contributed by atoms with Crippen molar-refractivity contribution in [2.45, 2.75) is 19.3 Å². The topological polar surface area (TPSA) is 66.4 Å². The maximum absolute atomic E-state index is 12.0. The number of hydrogen-bond acceptors (Lipinski definition) is 2. The summed E-state index contributed by atoms with van der Waals surface area (Å²) in [5.41, 5.74) is 0.639. The Labute approximate surface area is 110 Å². The minimum absolute atomic E-state index is 0.220. The van der Waals surface area contributed by atoms with E-state index in [9.17, 15) is 9.59 Å². The van der Waals surface area contributed by atoms with Crippen molar-refractivity contribution in [1.82, 2.24) is 0 Å². The molecule has 96 valence electrons. The second kappa shape index (κ2) is 5.40. The monoisotopic (exact) mass is 267 g/mol. The summed E-state index contributed by atoms with van der Waals surface area (Å²) in [4.78, 5) is 23.0. The van der Waals surface area contributed by atoms with E-state index >= 15 is 0 Å². The molecular weight excluding hydrogens is 254 g/mol. The molecule has 1 aliphatic carbocycles. The van der Waals surface area contributed by atoms with E-state index in [1.54, 1.807) is 24.3 Å². The molecule has 18 heavy (non-hydrogen) atoms. The molecule has 2 N–H and O–H groups in total. The van der Waals surface area contributed by atoms with Crippen molar-refractivity contribution in [3.05, 3.63) is 29.3 Å². The van der Waals surface area contributed by atoms with Gasteiger partial charge in [-0.3, -0.25) is 9.59 Å². The van der Waals surface area contributed by atoms with E-state index in [2.05, 4.69) is 5.32 Å². The average Bonchev–Trinajstić information content (AvgIpc) is 2.81. The predicted octanol–water partition coefficient (Wildman–Crippen LogP) is 2.78. The van der Waals surface area contributed by atoms with Crippen molar-refractivity contribution in [3.8, 4) is 0 Å². The molecule has 2 rings (SSSR count). The number of aliphatic carboxylic acids is 1. The van der Waals surface area contributed by atoms with Crippen LogP contribution in [0.4, 0.5) is 5.69 Å². The Bertz CT molecular complexity index is 458. The van der Waals surface area contributed by atoms with Gasteiger partial charge in [-0.2, -0.15) is 0 Å². The van der Waals surface area contributed by atoms with Crippen LogP contribution in [0.25, 0.3) is 0 Å². The standard InChI is InChI=1S/C13H14ClNO3/c14-8-4-6-9(7-5-8)15-12(16)10-2-1-3-11(10)13(17)18/h4-7,10-11H,1-3H2,(H,15,16)(H,17,18). The molecule has 2 atom stereocenters. The fourth-order valence-electron chi connectivity index (χ4n) is 2.34. The van der Waals surface area contributed by atoms with Crippen molar-refractivity contribution in [2.24, 2.45) is 11.8 Å². The quantitative estimate of drug-likeness (QED) is 0.885. The van der Waals surface area contributed by atoms with Gasteiger partial charge in [0.15, 0.2) is 0 Å². The van der Waals surface area contributed by atoms with Crippen molar-refractivity contribution in [1.29, 1.82) is 0 Å². The highest BCUT2D eigenvalue weighted by Gasteiger charge is 2.37. The first kappa shape index (κ1) is 12.9. The van der Waals surface area contributed by atoms with Gasteiger partial charge in [-0.1, -0.05) is 18.0 Å². The molecule has 1 saturated carbocycles. The summed E-state index contributed by atoms with van der Waals surface area (Å²) in [6, 6.07) is 6.76. The molecule has 1 aromatic rings. The molecule has 2 unspecified atom stereocenters. The molecule has 5 heteroatoms. The number of carbonyl (C=O) groups excluding carboxylic acids is 1. The van der Waals surface area contributed by atoms with Gasteiger partial charge in [-0.15, -0.1) is 0 Å². The molecule has 4 nitrogen and oxygen atoms in total. The van der Waals surface area contributed by atoms with Crippen LogP contribution in [-0.4, -0.2) is 17.0 Å². The van der Waals surface area contributed by atoms with Gasteiger partial charge < -0.3 is 10.4 Å². The number of anilines is 1. The lowest BCUT2D eigenvalue weighted by molar-refractivity contribution is -0.145. The predicted molar refractivity (Wildman–Crippen MR) is 68.5 cm³/mol. The van der Waals surface area contributed by atoms with Crippen molar-refractivity contribution in [3.63, 3.8) is 0 Å². The molecule has 0 aromatic heterocycles. The van der Waals surface area contributed by atoms with Crippen LogP contribution in [0.5, 0.6) is 0 Å². The van der Waals surface area contributed by atoms with Crippen LogP contribution in [0.2, 0.25) is 5.02 Å². The second-order valence-electron chi connectivity index (χ2n) is 4.48. The molecule has 0 aliphatic heterocycles. The summed E-state index contributed by atoms with van der Waals surface area (Å²) < 4.78 is 0. The van der Waals surface area contributed by atoms with E-state index in [0.29, 0.717) is 23.6 Å². The van der Waals surface area contributed by atoms with E-state index < -0.39 is 17.8 Å². The molecule has 0 bridgehead atoms. The van der Waals surface area contributed by atoms with Gasteiger partial charge in [0.2, 0.25) is 5.91 Å². The normalized spacial score (nSPS) is 22.7. The van der Waals surface area contributed by atoms with E-state index in [1.807, 2.05) is 0 Å². The number of carboxylic acid groups (broad SMARTS) is 1. The smallest absolute Gasteiger partial charge is 0.307 e. The molecule has 0 radical (unpaired) electrons. The highest BCUT2D eigenvalue weighted by Crippen LogP contribution is 2.32. The first-order valence-corrected chi connectivity index (χ1v) is 6.25. The Morgan fingerprint density at radius 3 is 2.39 bits per heavy atom.